The van der Waals surface area contributed by atoms with Crippen molar-refractivity contribution in [1.29, 1.82) is 0 Å². The van der Waals surface area contributed by atoms with E-state index in [1.54, 1.807) is 36.7 Å². The maximum Gasteiger partial charge on any atom is 0.249 e. The van der Waals surface area contributed by atoms with E-state index in [9.17, 15) is 9.59 Å². The molecule has 1 atom stereocenters. The Morgan fingerprint density at radius 1 is 1.37 bits per heavy atom. The summed E-state index contributed by atoms with van der Waals surface area (Å²) >= 11 is 6.19. The minimum absolute atomic E-state index is 0.0435. The molecule has 136 valence electrons. The molecule has 0 radical (unpaired) electrons. The molecular weight excluding hydrogens is 368 g/mol. The van der Waals surface area contributed by atoms with E-state index in [4.69, 9.17) is 11.6 Å². The molecule has 1 aliphatic heterocycles. The number of hydrogen-bond donors (Lipinski definition) is 2. The van der Waals surface area contributed by atoms with E-state index < -0.39 is 6.04 Å². The quantitative estimate of drug-likeness (QED) is 0.725. The number of carbonyl (C=O) groups excluding carboxylic acids is 2. The Bertz CT molecular complexity index is 1030. The van der Waals surface area contributed by atoms with Crippen molar-refractivity contribution in [1.82, 2.24) is 19.7 Å². The predicted octanol–water partition coefficient (Wildman–Crippen LogP) is 2.82. The molecule has 0 bridgehead atoms. The summed E-state index contributed by atoms with van der Waals surface area (Å²) < 4.78 is 1.42. The minimum Gasteiger partial charge on any atom is -0.323 e. The zero-order valence-electron chi connectivity index (χ0n) is 14.3. The van der Waals surface area contributed by atoms with Crippen LogP contribution in [0.25, 0.3) is 11.4 Å². The van der Waals surface area contributed by atoms with Crippen molar-refractivity contribution in [2.24, 2.45) is 0 Å². The second-order valence-electron chi connectivity index (χ2n) is 6.19. The number of aromatic nitrogens is 4. The normalized spacial score (nSPS) is 15.8. The van der Waals surface area contributed by atoms with Gasteiger partial charge in [0.15, 0.2) is 5.82 Å². The number of rotatable bonds is 3. The number of pyridine rings is 1. The second kappa shape index (κ2) is 6.81. The fourth-order valence-corrected chi connectivity index (χ4v) is 3.10. The van der Waals surface area contributed by atoms with Gasteiger partial charge in [-0.05, 0) is 36.8 Å². The number of halogens is 1. The number of nitrogens with zero attached hydrogens (tertiary/aromatic N) is 4. The van der Waals surface area contributed by atoms with Crippen LogP contribution in [0.3, 0.4) is 0 Å². The van der Waals surface area contributed by atoms with Gasteiger partial charge in [-0.15, -0.1) is 5.10 Å². The maximum absolute atomic E-state index is 12.8. The molecule has 0 saturated heterocycles. The first-order valence-electron chi connectivity index (χ1n) is 8.25. The summed E-state index contributed by atoms with van der Waals surface area (Å²) in [6.07, 6.45) is 3.21. The van der Waals surface area contributed by atoms with Gasteiger partial charge >= 0.3 is 0 Å². The van der Waals surface area contributed by atoms with Crippen molar-refractivity contribution in [2.75, 3.05) is 10.6 Å². The van der Waals surface area contributed by atoms with Gasteiger partial charge in [0.05, 0.1) is 17.1 Å². The molecule has 0 aliphatic carbocycles. The number of aryl methyl sites for hydroxylation is 1. The van der Waals surface area contributed by atoms with Crippen LogP contribution in [0.5, 0.6) is 0 Å². The largest absolute Gasteiger partial charge is 0.323 e. The maximum atomic E-state index is 12.8. The molecule has 9 heteroatoms. The Morgan fingerprint density at radius 3 is 2.96 bits per heavy atom. The summed E-state index contributed by atoms with van der Waals surface area (Å²) in [4.78, 5) is 33.2. The average molecular weight is 383 g/mol. The van der Waals surface area contributed by atoms with E-state index in [2.05, 4.69) is 25.7 Å². The van der Waals surface area contributed by atoms with Crippen LogP contribution < -0.4 is 10.6 Å². The van der Waals surface area contributed by atoms with Crippen LogP contribution in [0.15, 0.2) is 42.7 Å². The highest BCUT2D eigenvalue weighted by molar-refractivity contribution is 6.33. The highest BCUT2D eigenvalue weighted by Gasteiger charge is 2.33. The summed E-state index contributed by atoms with van der Waals surface area (Å²) in [7, 11) is 0. The summed E-state index contributed by atoms with van der Waals surface area (Å²) in [5.74, 6) is -0.0889. The van der Waals surface area contributed by atoms with Crippen molar-refractivity contribution in [3.8, 4) is 11.4 Å². The third kappa shape index (κ3) is 3.39. The molecule has 0 saturated carbocycles. The van der Waals surface area contributed by atoms with E-state index in [1.165, 1.54) is 4.68 Å². The highest BCUT2D eigenvalue weighted by atomic mass is 35.5. The highest BCUT2D eigenvalue weighted by Crippen LogP contribution is 2.29. The van der Waals surface area contributed by atoms with Gasteiger partial charge in [0.2, 0.25) is 17.8 Å². The Balaban J connectivity index is 1.65. The SMILES string of the molecule is Cc1ccc(NC(=O)[C@H]2CC(=O)Nc3nc(-c4cccnc4)nn32)c(Cl)c1. The average Bonchev–Trinajstić information content (AvgIpc) is 3.08. The molecular formula is C18H15ClN6O2. The minimum atomic E-state index is -0.830. The van der Waals surface area contributed by atoms with Crippen LogP contribution in [0.4, 0.5) is 11.6 Å². The van der Waals surface area contributed by atoms with Gasteiger partial charge in [-0.1, -0.05) is 17.7 Å². The summed E-state index contributed by atoms with van der Waals surface area (Å²) in [5, 5.41) is 10.2. The molecule has 27 heavy (non-hydrogen) atoms. The number of nitrogens with one attached hydrogen (secondary N) is 2. The third-order valence-electron chi connectivity index (χ3n) is 4.16. The number of fused-ring (bicyclic) bond motifs is 1. The first-order chi connectivity index (χ1) is 13.0. The molecule has 1 aromatic carbocycles. The topological polar surface area (TPSA) is 102 Å². The fourth-order valence-electron chi connectivity index (χ4n) is 2.82. The molecule has 1 aliphatic rings. The van der Waals surface area contributed by atoms with Crippen LogP contribution in [-0.4, -0.2) is 31.6 Å². The molecule has 2 aromatic heterocycles. The van der Waals surface area contributed by atoms with Crippen LogP contribution >= 0.6 is 11.6 Å². The van der Waals surface area contributed by atoms with Gasteiger partial charge in [-0.25, -0.2) is 4.68 Å². The number of hydrogen-bond acceptors (Lipinski definition) is 5. The third-order valence-corrected chi connectivity index (χ3v) is 4.47. The molecule has 8 nitrogen and oxygen atoms in total. The number of anilines is 2. The number of carbonyl (C=O) groups is 2. The Labute approximate surface area is 159 Å². The van der Waals surface area contributed by atoms with Gasteiger partial charge < -0.3 is 5.32 Å². The van der Waals surface area contributed by atoms with Crippen LogP contribution in [0.1, 0.15) is 18.0 Å². The van der Waals surface area contributed by atoms with Gasteiger partial charge in [-0.2, -0.15) is 4.98 Å². The molecule has 2 amide bonds. The smallest absolute Gasteiger partial charge is 0.249 e. The standard InChI is InChI=1S/C18H15ClN6O2/c1-10-4-5-13(12(19)7-10)21-17(27)14-8-15(26)22-18-23-16(24-25(14)18)11-3-2-6-20-9-11/h2-7,9,14H,8H2,1H3,(H,21,27)(H,22,23,24,26)/t14-/m1/s1. The summed E-state index contributed by atoms with van der Waals surface area (Å²) in [5.41, 5.74) is 2.15. The Hall–Kier alpha value is -3.26. The van der Waals surface area contributed by atoms with E-state index >= 15 is 0 Å². The van der Waals surface area contributed by atoms with Gasteiger partial charge in [-0.3, -0.25) is 19.9 Å². The summed E-state index contributed by atoms with van der Waals surface area (Å²) in [6.45, 7) is 1.91. The van der Waals surface area contributed by atoms with Gasteiger partial charge in [0.25, 0.3) is 0 Å². The zero-order valence-corrected chi connectivity index (χ0v) is 15.1. The van der Waals surface area contributed by atoms with Crippen LogP contribution in [0, 0.1) is 6.92 Å². The monoisotopic (exact) mass is 382 g/mol. The number of amides is 2. The van der Waals surface area contributed by atoms with Crippen molar-refractivity contribution in [2.45, 2.75) is 19.4 Å². The van der Waals surface area contributed by atoms with E-state index in [0.717, 1.165) is 5.56 Å². The van der Waals surface area contributed by atoms with Crippen molar-refractivity contribution in [3.63, 3.8) is 0 Å². The lowest BCUT2D eigenvalue weighted by molar-refractivity contribution is -0.125. The fraction of sp³-hybridized carbons (Fsp3) is 0.167. The first kappa shape index (κ1) is 17.2. The molecule has 0 fully saturated rings. The van der Waals surface area contributed by atoms with Crippen LogP contribution in [0.2, 0.25) is 5.02 Å². The lowest BCUT2D eigenvalue weighted by Gasteiger charge is -2.22. The van der Waals surface area contributed by atoms with Crippen molar-refractivity contribution >= 4 is 35.1 Å². The van der Waals surface area contributed by atoms with E-state index in [-0.39, 0.29) is 24.2 Å². The lowest BCUT2D eigenvalue weighted by atomic mass is 10.1. The Kier molecular flexibility index (Phi) is 4.33. The Morgan fingerprint density at radius 2 is 2.22 bits per heavy atom. The summed E-state index contributed by atoms with van der Waals surface area (Å²) in [6, 6.07) is 8.06. The first-order valence-corrected chi connectivity index (χ1v) is 8.63. The van der Waals surface area contributed by atoms with Gasteiger partial charge in [0, 0.05) is 18.0 Å². The predicted molar refractivity (Wildman–Crippen MR) is 100 cm³/mol. The van der Waals surface area contributed by atoms with Crippen molar-refractivity contribution < 1.29 is 9.59 Å². The molecule has 0 spiro atoms. The van der Waals surface area contributed by atoms with E-state index in [0.29, 0.717) is 22.1 Å². The molecule has 4 rings (SSSR count). The molecule has 2 N–H and O–H groups in total. The molecule has 3 heterocycles. The second-order valence-corrected chi connectivity index (χ2v) is 6.59. The van der Waals surface area contributed by atoms with Crippen LogP contribution in [-0.2, 0) is 9.59 Å². The van der Waals surface area contributed by atoms with Gasteiger partial charge in [0.1, 0.15) is 6.04 Å². The number of benzene rings is 1. The lowest BCUT2D eigenvalue weighted by Crippen LogP contribution is -2.36. The molecule has 3 aromatic rings. The van der Waals surface area contributed by atoms with E-state index in [1.807, 2.05) is 13.0 Å². The zero-order chi connectivity index (χ0) is 19.0. The van der Waals surface area contributed by atoms with Crippen molar-refractivity contribution in [3.05, 3.63) is 53.3 Å². The molecule has 0 unspecified atom stereocenters.